The van der Waals surface area contributed by atoms with E-state index in [1.807, 2.05) is 48.5 Å². The van der Waals surface area contributed by atoms with Crippen molar-refractivity contribution in [2.75, 3.05) is 10.6 Å². The normalized spacial score (nSPS) is 15.6. The molecule has 0 spiro atoms. The summed E-state index contributed by atoms with van der Waals surface area (Å²) in [7, 11) is 0. The van der Waals surface area contributed by atoms with Crippen LogP contribution in [0.4, 0.5) is 15.8 Å². The molecule has 6 heteroatoms. The predicted molar refractivity (Wildman–Crippen MR) is 111 cm³/mol. The lowest BCUT2D eigenvalue weighted by atomic mass is 10.0. The second-order valence-corrected chi connectivity index (χ2v) is 6.63. The van der Waals surface area contributed by atoms with E-state index in [1.165, 1.54) is 18.2 Å². The number of halogens is 1. The van der Waals surface area contributed by atoms with Crippen LogP contribution in [-0.2, 0) is 9.59 Å². The van der Waals surface area contributed by atoms with E-state index in [9.17, 15) is 14.0 Å². The number of benzene rings is 3. The summed E-state index contributed by atoms with van der Waals surface area (Å²) in [5.74, 6) is -1.41. The number of para-hydroxylation sites is 2. The number of hydrogen-bond acceptors (Lipinski definition) is 3. The van der Waals surface area contributed by atoms with Crippen molar-refractivity contribution < 1.29 is 14.0 Å². The van der Waals surface area contributed by atoms with Gasteiger partial charge in [-0.3, -0.25) is 14.6 Å². The molecule has 0 aliphatic carbocycles. The van der Waals surface area contributed by atoms with Gasteiger partial charge in [0.2, 0.25) is 11.8 Å². The third-order valence-corrected chi connectivity index (χ3v) is 4.60. The first-order chi connectivity index (χ1) is 14.1. The zero-order valence-electron chi connectivity index (χ0n) is 15.4. The van der Waals surface area contributed by atoms with Crippen molar-refractivity contribution in [3.63, 3.8) is 0 Å². The van der Waals surface area contributed by atoms with Gasteiger partial charge in [-0.05, 0) is 18.2 Å². The number of nitrogens with zero attached hydrogens (tertiary/aromatic N) is 1. The number of benzodiazepines with no additional fused rings is 1. The maximum absolute atomic E-state index is 13.8. The Kier molecular flexibility index (Phi) is 5.16. The fourth-order valence-electron chi connectivity index (χ4n) is 3.20. The van der Waals surface area contributed by atoms with E-state index in [0.717, 1.165) is 11.1 Å². The molecule has 5 nitrogen and oxygen atoms in total. The minimum Gasteiger partial charge on any atom is -0.324 e. The van der Waals surface area contributed by atoms with Crippen molar-refractivity contribution in [2.45, 2.75) is 12.5 Å². The molecule has 1 aliphatic heterocycles. The van der Waals surface area contributed by atoms with Crippen LogP contribution in [0.5, 0.6) is 0 Å². The smallest absolute Gasteiger partial charge is 0.249 e. The summed E-state index contributed by atoms with van der Waals surface area (Å²) in [5.41, 5.74) is 2.96. The first kappa shape index (κ1) is 18.6. The highest BCUT2D eigenvalue weighted by atomic mass is 19.1. The lowest BCUT2D eigenvalue weighted by Crippen LogP contribution is -2.30. The molecule has 4 rings (SSSR count). The monoisotopic (exact) mass is 387 g/mol. The Morgan fingerprint density at radius 2 is 1.66 bits per heavy atom. The molecule has 0 unspecified atom stereocenters. The molecule has 3 aromatic rings. The standard InChI is InChI=1S/C23H18FN3O2/c24-17-11-5-7-13-19(17)25-21(28)14-20-23(29)27-18-12-6-4-10-16(18)22(26-20)15-8-2-1-3-9-15/h1-13,20H,14H2,(H,25,28)(H,27,29)/t20-/m1/s1. The molecule has 3 aromatic carbocycles. The number of nitrogens with one attached hydrogen (secondary N) is 2. The van der Waals surface area contributed by atoms with Gasteiger partial charge in [-0.2, -0.15) is 0 Å². The van der Waals surface area contributed by atoms with Crippen molar-refractivity contribution in [3.8, 4) is 0 Å². The Morgan fingerprint density at radius 3 is 2.45 bits per heavy atom. The van der Waals surface area contributed by atoms with Crippen molar-refractivity contribution >= 4 is 28.9 Å². The van der Waals surface area contributed by atoms with Crippen LogP contribution in [0, 0.1) is 5.82 Å². The molecule has 2 N–H and O–H groups in total. The highest BCUT2D eigenvalue weighted by Crippen LogP contribution is 2.25. The largest absolute Gasteiger partial charge is 0.324 e. The molecule has 1 heterocycles. The van der Waals surface area contributed by atoms with Gasteiger partial charge in [-0.25, -0.2) is 4.39 Å². The number of fused-ring (bicyclic) bond motifs is 1. The van der Waals surface area contributed by atoms with E-state index < -0.39 is 17.8 Å². The molecule has 0 radical (unpaired) electrons. The fraction of sp³-hybridized carbons (Fsp3) is 0.0870. The molecule has 0 bridgehead atoms. The van der Waals surface area contributed by atoms with Crippen molar-refractivity contribution in [2.24, 2.45) is 4.99 Å². The summed E-state index contributed by atoms with van der Waals surface area (Å²) >= 11 is 0. The van der Waals surface area contributed by atoms with Crippen LogP contribution in [0.3, 0.4) is 0 Å². The van der Waals surface area contributed by atoms with Crippen LogP contribution in [0.15, 0.2) is 83.9 Å². The van der Waals surface area contributed by atoms with E-state index in [0.29, 0.717) is 11.4 Å². The van der Waals surface area contributed by atoms with Crippen molar-refractivity contribution in [1.29, 1.82) is 0 Å². The highest BCUT2D eigenvalue weighted by molar-refractivity contribution is 6.20. The summed E-state index contributed by atoms with van der Waals surface area (Å²) in [5, 5.41) is 5.36. The molecule has 2 amide bonds. The van der Waals surface area contributed by atoms with Gasteiger partial charge >= 0.3 is 0 Å². The van der Waals surface area contributed by atoms with E-state index in [2.05, 4.69) is 15.6 Å². The van der Waals surface area contributed by atoms with E-state index in [1.54, 1.807) is 12.1 Å². The second-order valence-electron chi connectivity index (χ2n) is 6.63. The first-order valence-corrected chi connectivity index (χ1v) is 9.19. The Morgan fingerprint density at radius 1 is 0.966 bits per heavy atom. The third-order valence-electron chi connectivity index (χ3n) is 4.60. The molecule has 1 aliphatic rings. The van der Waals surface area contributed by atoms with Crippen molar-refractivity contribution in [1.82, 2.24) is 0 Å². The molecular weight excluding hydrogens is 369 g/mol. The number of rotatable bonds is 4. The molecule has 0 aromatic heterocycles. The van der Waals surface area contributed by atoms with Crippen LogP contribution in [0.2, 0.25) is 0 Å². The third kappa shape index (κ3) is 4.06. The topological polar surface area (TPSA) is 70.6 Å². The van der Waals surface area contributed by atoms with Crippen LogP contribution in [0.25, 0.3) is 0 Å². The Balaban J connectivity index is 1.66. The predicted octanol–water partition coefficient (Wildman–Crippen LogP) is 4.01. The SMILES string of the molecule is O=C(C[C@H]1N=C(c2ccccc2)c2ccccc2NC1=O)Nc1ccccc1F. The number of amides is 2. The van der Waals surface area contributed by atoms with Crippen LogP contribution >= 0.6 is 0 Å². The summed E-state index contributed by atoms with van der Waals surface area (Å²) < 4.78 is 13.8. The maximum Gasteiger partial charge on any atom is 0.249 e. The molecule has 0 fully saturated rings. The Labute approximate surface area is 167 Å². The highest BCUT2D eigenvalue weighted by Gasteiger charge is 2.27. The zero-order chi connectivity index (χ0) is 20.2. The van der Waals surface area contributed by atoms with Crippen LogP contribution in [-0.4, -0.2) is 23.6 Å². The molecular formula is C23H18FN3O2. The van der Waals surface area contributed by atoms with Gasteiger partial charge in [0.1, 0.15) is 11.9 Å². The van der Waals surface area contributed by atoms with Gasteiger partial charge in [-0.1, -0.05) is 60.7 Å². The minimum absolute atomic E-state index is 0.0714. The van der Waals surface area contributed by atoms with Gasteiger partial charge in [0.25, 0.3) is 0 Å². The summed E-state index contributed by atoms with van der Waals surface area (Å²) in [6.07, 6.45) is -0.204. The van der Waals surface area contributed by atoms with Gasteiger partial charge in [0.05, 0.1) is 23.5 Å². The fourth-order valence-corrected chi connectivity index (χ4v) is 3.20. The van der Waals surface area contributed by atoms with Gasteiger partial charge in [-0.15, -0.1) is 0 Å². The van der Waals surface area contributed by atoms with Crippen molar-refractivity contribution in [3.05, 3.63) is 95.8 Å². The Hall–Kier alpha value is -3.80. The average Bonchev–Trinajstić information content (AvgIpc) is 2.87. The average molecular weight is 387 g/mol. The second kappa shape index (κ2) is 8.06. The molecule has 0 saturated carbocycles. The van der Waals surface area contributed by atoms with Gasteiger partial charge in [0, 0.05) is 11.1 Å². The molecule has 1 atom stereocenters. The first-order valence-electron chi connectivity index (χ1n) is 9.19. The number of aliphatic imine (C=N–C) groups is 1. The number of anilines is 2. The van der Waals surface area contributed by atoms with Gasteiger partial charge < -0.3 is 10.6 Å². The summed E-state index contributed by atoms with van der Waals surface area (Å²) in [4.78, 5) is 29.8. The summed E-state index contributed by atoms with van der Waals surface area (Å²) in [6.45, 7) is 0. The number of carbonyl (C=O) groups excluding carboxylic acids is 2. The minimum atomic E-state index is -0.940. The quantitative estimate of drug-likeness (QED) is 0.710. The molecule has 29 heavy (non-hydrogen) atoms. The Bertz CT molecular complexity index is 1100. The maximum atomic E-state index is 13.8. The van der Waals surface area contributed by atoms with Crippen LogP contribution < -0.4 is 10.6 Å². The number of hydrogen-bond donors (Lipinski definition) is 2. The summed E-state index contributed by atoms with van der Waals surface area (Å²) in [6, 6.07) is 21.8. The van der Waals surface area contributed by atoms with Gasteiger partial charge in [0.15, 0.2) is 0 Å². The molecule has 0 saturated heterocycles. The lowest BCUT2D eigenvalue weighted by Gasteiger charge is -2.12. The van der Waals surface area contributed by atoms with E-state index in [4.69, 9.17) is 0 Å². The number of carbonyl (C=O) groups is 2. The lowest BCUT2D eigenvalue weighted by molar-refractivity contribution is -0.122. The van der Waals surface area contributed by atoms with E-state index in [-0.39, 0.29) is 18.0 Å². The van der Waals surface area contributed by atoms with Crippen LogP contribution in [0.1, 0.15) is 17.5 Å². The van der Waals surface area contributed by atoms with E-state index >= 15 is 0 Å². The zero-order valence-corrected chi connectivity index (χ0v) is 15.4. The molecule has 144 valence electrons.